The van der Waals surface area contributed by atoms with Crippen LogP contribution in [0.15, 0.2) is 6.20 Å². The quantitative estimate of drug-likeness (QED) is 0.657. The molecule has 1 heterocycles. The molecule has 0 saturated carbocycles. The minimum absolute atomic E-state index is 0.838. The molecule has 5 heteroatoms. The molecule has 0 radical (unpaired) electrons. The van der Waals surface area contributed by atoms with Gasteiger partial charge in [0.05, 0.1) is 11.9 Å². The summed E-state index contributed by atoms with van der Waals surface area (Å²) < 4.78 is 1.80. The molecule has 0 aromatic carbocycles. The normalized spacial score (nSPS) is 11.2. The SMILES string of the molecule is CCN(CC)CCNCc1cnnn1C. The molecule has 0 bridgehead atoms. The molecule has 0 aliphatic heterocycles. The van der Waals surface area contributed by atoms with Crippen molar-refractivity contribution >= 4 is 0 Å². The monoisotopic (exact) mass is 211 g/mol. The van der Waals surface area contributed by atoms with Crippen LogP contribution in [0.25, 0.3) is 0 Å². The second-order valence-corrected chi connectivity index (χ2v) is 3.55. The zero-order valence-electron chi connectivity index (χ0n) is 9.90. The summed E-state index contributed by atoms with van der Waals surface area (Å²) in [5, 5.41) is 11.1. The van der Waals surface area contributed by atoms with E-state index in [2.05, 4.69) is 34.4 Å². The van der Waals surface area contributed by atoms with Crippen LogP contribution in [0.1, 0.15) is 19.5 Å². The second-order valence-electron chi connectivity index (χ2n) is 3.55. The highest BCUT2D eigenvalue weighted by Gasteiger charge is 2.00. The van der Waals surface area contributed by atoms with Crippen LogP contribution in [-0.2, 0) is 13.6 Å². The van der Waals surface area contributed by atoms with E-state index in [1.807, 2.05) is 7.05 Å². The van der Waals surface area contributed by atoms with Crippen LogP contribution in [0.5, 0.6) is 0 Å². The first kappa shape index (κ1) is 12.1. The Morgan fingerprint density at radius 1 is 1.40 bits per heavy atom. The molecule has 86 valence electrons. The van der Waals surface area contributed by atoms with Gasteiger partial charge in [0, 0.05) is 26.7 Å². The highest BCUT2D eigenvalue weighted by atomic mass is 15.4. The maximum absolute atomic E-state index is 3.88. The van der Waals surface area contributed by atoms with Crippen molar-refractivity contribution < 1.29 is 0 Å². The van der Waals surface area contributed by atoms with E-state index in [-0.39, 0.29) is 0 Å². The third-order valence-corrected chi connectivity index (χ3v) is 2.61. The van der Waals surface area contributed by atoms with Crippen LogP contribution >= 0.6 is 0 Å². The maximum atomic E-state index is 3.88. The summed E-state index contributed by atoms with van der Waals surface area (Å²) in [7, 11) is 1.91. The number of nitrogens with zero attached hydrogens (tertiary/aromatic N) is 4. The Hall–Kier alpha value is -0.940. The lowest BCUT2D eigenvalue weighted by Crippen LogP contribution is -2.31. The lowest BCUT2D eigenvalue weighted by Gasteiger charge is -2.17. The van der Waals surface area contributed by atoms with Gasteiger partial charge in [-0.3, -0.25) is 4.68 Å². The van der Waals surface area contributed by atoms with Crippen LogP contribution in [0.3, 0.4) is 0 Å². The van der Waals surface area contributed by atoms with Crippen molar-refractivity contribution in [3.8, 4) is 0 Å². The van der Waals surface area contributed by atoms with Gasteiger partial charge >= 0.3 is 0 Å². The van der Waals surface area contributed by atoms with Crippen molar-refractivity contribution in [2.75, 3.05) is 26.2 Å². The largest absolute Gasteiger partial charge is 0.310 e. The predicted octanol–water partition coefficient (Wildman–Crippen LogP) is 0.246. The topological polar surface area (TPSA) is 46.0 Å². The summed E-state index contributed by atoms with van der Waals surface area (Å²) in [5.41, 5.74) is 1.12. The molecular weight excluding hydrogens is 190 g/mol. The van der Waals surface area contributed by atoms with Gasteiger partial charge in [-0.15, -0.1) is 5.10 Å². The third kappa shape index (κ3) is 3.97. The van der Waals surface area contributed by atoms with E-state index in [1.165, 1.54) is 0 Å². The van der Waals surface area contributed by atoms with E-state index >= 15 is 0 Å². The van der Waals surface area contributed by atoms with E-state index in [0.29, 0.717) is 0 Å². The molecule has 1 N–H and O–H groups in total. The first-order valence-corrected chi connectivity index (χ1v) is 5.54. The molecule has 0 saturated heterocycles. The number of aryl methyl sites for hydroxylation is 1. The molecule has 0 spiro atoms. The standard InChI is InChI=1S/C10H21N5/c1-4-15(5-2)7-6-11-8-10-9-12-13-14(10)3/h9,11H,4-8H2,1-3H3. The van der Waals surface area contributed by atoms with Crippen LogP contribution in [-0.4, -0.2) is 46.1 Å². The molecule has 0 aliphatic rings. The molecule has 0 aliphatic carbocycles. The van der Waals surface area contributed by atoms with Gasteiger partial charge in [-0.05, 0) is 13.1 Å². The van der Waals surface area contributed by atoms with Crippen LogP contribution in [0.2, 0.25) is 0 Å². The number of hydrogen-bond acceptors (Lipinski definition) is 4. The number of aromatic nitrogens is 3. The maximum Gasteiger partial charge on any atom is 0.0738 e. The highest BCUT2D eigenvalue weighted by molar-refractivity contribution is 4.91. The van der Waals surface area contributed by atoms with Gasteiger partial charge < -0.3 is 10.2 Å². The molecule has 0 atom stereocenters. The van der Waals surface area contributed by atoms with Gasteiger partial charge in [0.1, 0.15) is 0 Å². The van der Waals surface area contributed by atoms with Gasteiger partial charge in [-0.2, -0.15) is 0 Å². The molecule has 15 heavy (non-hydrogen) atoms. The Balaban J connectivity index is 2.14. The molecule has 0 amide bonds. The van der Waals surface area contributed by atoms with Crippen molar-refractivity contribution in [2.45, 2.75) is 20.4 Å². The minimum Gasteiger partial charge on any atom is -0.310 e. The Bertz CT molecular complexity index is 267. The average Bonchev–Trinajstić information content (AvgIpc) is 2.65. The van der Waals surface area contributed by atoms with Gasteiger partial charge in [0.25, 0.3) is 0 Å². The van der Waals surface area contributed by atoms with Crippen LogP contribution < -0.4 is 5.32 Å². The van der Waals surface area contributed by atoms with Crippen molar-refractivity contribution in [1.82, 2.24) is 25.2 Å². The molecular formula is C10H21N5. The number of nitrogens with one attached hydrogen (secondary N) is 1. The minimum atomic E-state index is 0.838. The predicted molar refractivity (Wildman–Crippen MR) is 60.5 cm³/mol. The number of rotatable bonds is 7. The first-order chi connectivity index (χ1) is 7.27. The van der Waals surface area contributed by atoms with Crippen molar-refractivity contribution in [1.29, 1.82) is 0 Å². The Labute approximate surface area is 91.5 Å². The number of hydrogen-bond donors (Lipinski definition) is 1. The molecule has 0 fully saturated rings. The summed E-state index contributed by atoms with van der Waals surface area (Å²) in [6, 6.07) is 0. The van der Waals surface area contributed by atoms with E-state index in [9.17, 15) is 0 Å². The van der Waals surface area contributed by atoms with E-state index in [4.69, 9.17) is 0 Å². The Morgan fingerprint density at radius 2 is 2.13 bits per heavy atom. The fourth-order valence-corrected chi connectivity index (χ4v) is 1.46. The summed E-state index contributed by atoms with van der Waals surface area (Å²) in [4.78, 5) is 2.40. The average molecular weight is 211 g/mol. The third-order valence-electron chi connectivity index (χ3n) is 2.61. The molecule has 5 nitrogen and oxygen atoms in total. The van der Waals surface area contributed by atoms with Gasteiger partial charge in [0.15, 0.2) is 0 Å². The fourth-order valence-electron chi connectivity index (χ4n) is 1.46. The number of likely N-dealkylation sites (N-methyl/N-ethyl adjacent to an activating group) is 1. The lowest BCUT2D eigenvalue weighted by atomic mass is 10.4. The Kier molecular flexibility index (Phi) is 5.28. The lowest BCUT2D eigenvalue weighted by molar-refractivity contribution is 0.301. The summed E-state index contributed by atoms with van der Waals surface area (Å²) in [5.74, 6) is 0. The zero-order chi connectivity index (χ0) is 11.1. The molecule has 0 unspecified atom stereocenters. The van der Waals surface area contributed by atoms with E-state index in [1.54, 1.807) is 10.9 Å². The van der Waals surface area contributed by atoms with Crippen molar-refractivity contribution in [3.63, 3.8) is 0 Å². The van der Waals surface area contributed by atoms with Crippen LogP contribution in [0.4, 0.5) is 0 Å². The van der Waals surface area contributed by atoms with Crippen molar-refractivity contribution in [3.05, 3.63) is 11.9 Å². The van der Waals surface area contributed by atoms with E-state index < -0.39 is 0 Å². The van der Waals surface area contributed by atoms with Gasteiger partial charge in [-0.25, -0.2) is 0 Å². The smallest absolute Gasteiger partial charge is 0.0738 e. The van der Waals surface area contributed by atoms with Crippen molar-refractivity contribution in [2.24, 2.45) is 7.05 Å². The van der Waals surface area contributed by atoms with Crippen LogP contribution in [0, 0.1) is 0 Å². The van der Waals surface area contributed by atoms with Gasteiger partial charge in [-0.1, -0.05) is 19.1 Å². The summed E-state index contributed by atoms with van der Waals surface area (Å²) in [6.45, 7) is 9.55. The fraction of sp³-hybridized carbons (Fsp3) is 0.800. The van der Waals surface area contributed by atoms with Gasteiger partial charge in [0.2, 0.25) is 0 Å². The highest BCUT2D eigenvalue weighted by Crippen LogP contribution is 1.91. The Morgan fingerprint density at radius 3 is 2.67 bits per heavy atom. The first-order valence-electron chi connectivity index (χ1n) is 5.54. The molecule has 1 aromatic heterocycles. The molecule has 1 rings (SSSR count). The second kappa shape index (κ2) is 6.53. The van der Waals surface area contributed by atoms with E-state index in [0.717, 1.165) is 38.4 Å². The summed E-state index contributed by atoms with van der Waals surface area (Å²) in [6.07, 6.45) is 1.80. The zero-order valence-corrected chi connectivity index (χ0v) is 9.90. The summed E-state index contributed by atoms with van der Waals surface area (Å²) >= 11 is 0. The molecule has 1 aromatic rings.